The molecule has 1 unspecified atom stereocenters. The van der Waals surface area contributed by atoms with E-state index >= 15 is 0 Å². The van der Waals surface area contributed by atoms with Crippen LogP contribution >= 0.6 is 28.1 Å². The molecule has 2 aliphatic heterocycles. The number of amides is 1. The number of aromatic amines is 1. The van der Waals surface area contributed by atoms with Crippen molar-refractivity contribution in [2.45, 2.75) is 18.9 Å². The number of carbonyl (C=O) groups is 1. The van der Waals surface area contributed by atoms with Gasteiger partial charge in [0.2, 0.25) is 5.91 Å². The Hall–Kier alpha value is -2.78. The highest BCUT2D eigenvalue weighted by molar-refractivity contribution is 9.10. The van der Waals surface area contributed by atoms with Crippen LogP contribution in [0, 0.1) is 0 Å². The molecule has 0 aliphatic carbocycles. The molecule has 2 aromatic carbocycles. The Balaban J connectivity index is 1.48. The number of halogens is 1. The molecule has 0 radical (unpaired) electrons. The van der Waals surface area contributed by atoms with Crippen molar-refractivity contribution < 1.29 is 4.79 Å². The SMILES string of the molecule is O=C1CCCN1CCN=C1NC(=S)N(c2ccc3nc[nH]c3c2)C1c1ccc(Br)cc1. The number of aromatic nitrogens is 2. The lowest BCUT2D eigenvalue weighted by molar-refractivity contribution is -0.127. The molecule has 5 rings (SSSR count). The van der Waals surface area contributed by atoms with E-state index in [0.29, 0.717) is 24.6 Å². The molecule has 0 bridgehead atoms. The van der Waals surface area contributed by atoms with Gasteiger partial charge in [-0.1, -0.05) is 28.1 Å². The zero-order chi connectivity index (χ0) is 21.4. The van der Waals surface area contributed by atoms with E-state index in [9.17, 15) is 4.79 Å². The van der Waals surface area contributed by atoms with Gasteiger partial charge in [0.1, 0.15) is 11.9 Å². The first-order valence-corrected chi connectivity index (χ1v) is 11.4. The van der Waals surface area contributed by atoms with Crippen LogP contribution in [0.4, 0.5) is 5.69 Å². The van der Waals surface area contributed by atoms with E-state index < -0.39 is 0 Å². The summed E-state index contributed by atoms with van der Waals surface area (Å²) in [5, 5.41) is 3.91. The monoisotopic (exact) mass is 496 g/mol. The lowest BCUT2D eigenvalue weighted by Crippen LogP contribution is -2.29. The Labute approximate surface area is 193 Å². The van der Waals surface area contributed by atoms with Crippen LogP contribution in [-0.2, 0) is 4.79 Å². The molecule has 0 spiro atoms. The summed E-state index contributed by atoms with van der Waals surface area (Å²) in [7, 11) is 0. The Bertz CT molecular complexity index is 1170. The van der Waals surface area contributed by atoms with Crippen molar-refractivity contribution in [3.05, 3.63) is 58.8 Å². The number of rotatable bonds is 5. The number of nitrogens with zero attached hydrogens (tertiary/aromatic N) is 4. The van der Waals surface area contributed by atoms with Crippen molar-refractivity contribution in [1.82, 2.24) is 20.2 Å². The second-order valence-corrected chi connectivity index (χ2v) is 8.91. The molecule has 1 amide bonds. The van der Waals surface area contributed by atoms with E-state index in [2.05, 4.69) is 48.2 Å². The van der Waals surface area contributed by atoms with Crippen LogP contribution in [0.15, 0.2) is 58.3 Å². The highest BCUT2D eigenvalue weighted by Crippen LogP contribution is 2.34. The van der Waals surface area contributed by atoms with Crippen LogP contribution in [0.5, 0.6) is 0 Å². The minimum absolute atomic E-state index is 0.171. The number of hydrogen-bond acceptors (Lipinski definition) is 4. The predicted molar refractivity (Wildman–Crippen MR) is 129 cm³/mol. The van der Waals surface area contributed by atoms with Crippen LogP contribution in [0.1, 0.15) is 24.4 Å². The van der Waals surface area contributed by atoms with Gasteiger partial charge in [-0.3, -0.25) is 9.79 Å². The summed E-state index contributed by atoms with van der Waals surface area (Å²) < 4.78 is 1.02. The van der Waals surface area contributed by atoms with E-state index in [-0.39, 0.29) is 11.9 Å². The predicted octanol–water partition coefficient (Wildman–Crippen LogP) is 3.78. The maximum atomic E-state index is 11.9. The fourth-order valence-electron chi connectivity index (χ4n) is 4.13. The molecule has 2 saturated heterocycles. The lowest BCUT2D eigenvalue weighted by atomic mass is 10.0. The van der Waals surface area contributed by atoms with Crippen LogP contribution in [0.2, 0.25) is 0 Å². The van der Waals surface area contributed by atoms with E-state index in [1.807, 2.05) is 35.2 Å². The van der Waals surface area contributed by atoms with Gasteiger partial charge in [0.05, 0.1) is 23.9 Å². The first-order chi connectivity index (χ1) is 15.1. The number of fused-ring (bicyclic) bond motifs is 1. The molecular weight excluding hydrogens is 476 g/mol. The van der Waals surface area contributed by atoms with Gasteiger partial charge in [-0.05, 0) is 54.5 Å². The average Bonchev–Trinajstić information content (AvgIpc) is 3.47. The fraction of sp³-hybridized carbons (Fsp3) is 0.273. The number of anilines is 1. The summed E-state index contributed by atoms with van der Waals surface area (Å²) in [6.07, 6.45) is 3.27. The fourth-order valence-corrected chi connectivity index (χ4v) is 4.71. The summed E-state index contributed by atoms with van der Waals surface area (Å²) in [5.74, 6) is 1.01. The first-order valence-electron chi connectivity index (χ1n) is 10.2. The second kappa shape index (κ2) is 8.39. The number of hydrogen-bond donors (Lipinski definition) is 2. The molecule has 158 valence electrons. The summed E-state index contributed by atoms with van der Waals surface area (Å²) in [4.78, 5) is 28.2. The quantitative estimate of drug-likeness (QED) is 0.525. The van der Waals surface area contributed by atoms with E-state index in [1.54, 1.807) is 6.33 Å². The van der Waals surface area contributed by atoms with Gasteiger partial charge in [-0.15, -0.1) is 0 Å². The molecule has 1 atom stereocenters. The van der Waals surface area contributed by atoms with Gasteiger partial charge < -0.3 is 20.1 Å². The van der Waals surface area contributed by atoms with Crippen LogP contribution in [-0.4, -0.2) is 51.4 Å². The van der Waals surface area contributed by atoms with Crippen molar-refractivity contribution in [3.8, 4) is 0 Å². The first kappa shape index (κ1) is 20.1. The Morgan fingerprint density at radius 1 is 1.23 bits per heavy atom. The van der Waals surface area contributed by atoms with Crippen molar-refractivity contribution in [2.24, 2.45) is 4.99 Å². The molecule has 31 heavy (non-hydrogen) atoms. The van der Waals surface area contributed by atoms with Crippen LogP contribution in [0.25, 0.3) is 11.0 Å². The van der Waals surface area contributed by atoms with Crippen molar-refractivity contribution in [3.63, 3.8) is 0 Å². The Morgan fingerprint density at radius 2 is 2.06 bits per heavy atom. The van der Waals surface area contributed by atoms with Gasteiger partial charge in [-0.25, -0.2) is 4.98 Å². The largest absolute Gasteiger partial charge is 0.345 e. The summed E-state index contributed by atoms with van der Waals surface area (Å²) in [6.45, 7) is 1.99. The topological polar surface area (TPSA) is 76.6 Å². The molecule has 2 N–H and O–H groups in total. The molecule has 2 fully saturated rings. The number of benzene rings is 2. The normalized spacial score (nSPS) is 20.3. The lowest BCUT2D eigenvalue weighted by Gasteiger charge is -2.25. The highest BCUT2D eigenvalue weighted by atomic mass is 79.9. The second-order valence-electron chi connectivity index (χ2n) is 7.61. The molecule has 1 aromatic heterocycles. The highest BCUT2D eigenvalue weighted by Gasteiger charge is 2.36. The standard InChI is InChI=1S/C22H21BrN6OS/c23-15-5-3-14(4-6-15)20-21(24-9-11-28-10-1-2-19(28)30)27-22(31)29(20)16-7-8-17-18(12-16)26-13-25-17/h3-8,12-13,20H,1-2,9-11H2,(H,25,26)(H,24,27,31). The molecule has 0 saturated carbocycles. The van der Waals surface area contributed by atoms with Crippen LogP contribution in [0.3, 0.4) is 0 Å². The Morgan fingerprint density at radius 3 is 2.84 bits per heavy atom. The van der Waals surface area contributed by atoms with Gasteiger partial charge >= 0.3 is 0 Å². The Kier molecular flexibility index (Phi) is 5.45. The maximum Gasteiger partial charge on any atom is 0.222 e. The zero-order valence-corrected chi connectivity index (χ0v) is 19.1. The molecule has 9 heteroatoms. The third kappa shape index (κ3) is 3.95. The number of imidazole rings is 1. The minimum atomic E-state index is -0.171. The van der Waals surface area contributed by atoms with Gasteiger partial charge in [0.25, 0.3) is 0 Å². The summed E-state index contributed by atoms with van der Waals surface area (Å²) >= 11 is 9.23. The van der Waals surface area contributed by atoms with Crippen molar-refractivity contribution in [1.29, 1.82) is 0 Å². The molecular formula is C22H21BrN6OS. The molecule has 3 aromatic rings. The van der Waals surface area contributed by atoms with E-state index in [4.69, 9.17) is 17.2 Å². The van der Waals surface area contributed by atoms with Gasteiger partial charge in [0.15, 0.2) is 5.11 Å². The van der Waals surface area contributed by atoms with Crippen LogP contribution < -0.4 is 10.2 Å². The number of nitrogens with one attached hydrogen (secondary N) is 2. The summed E-state index contributed by atoms with van der Waals surface area (Å²) in [6, 6.07) is 14.1. The van der Waals surface area contributed by atoms with E-state index in [1.165, 1.54) is 0 Å². The van der Waals surface area contributed by atoms with Crippen molar-refractivity contribution >= 4 is 61.7 Å². The third-order valence-electron chi connectivity index (χ3n) is 5.66. The minimum Gasteiger partial charge on any atom is -0.345 e. The van der Waals surface area contributed by atoms with E-state index in [0.717, 1.165) is 45.6 Å². The number of amidine groups is 1. The number of thiocarbonyl (C=S) groups is 1. The number of carbonyl (C=O) groups excluding carboxylic acids is 1. The van der Waals surface area contributed by atoms with Crippen molar-refractivity contribution in [2.75, 3.05) is 24.5 Å². The number of likely N-dealkylation sites (tertiary alicyclic amines) is 1. The molecule has 3 heterocycles. The number of aliphatic imine (C=N–C) groups is 1. The molecule has 2 aliphatic rings. The number of H-pyrrole nitrogens is 1. The smallest absolute Gasteiger partial charge is 0.222 e. The zero-order valence-electron chi connectivity index (χ0n) is 16.7. The van der Waals surface area contributed by atoms with Gasteiger partial charge in [0, 0.05) is 29.7 Å². The molecule has 7 nitrogen and oxygen atoms in total. The maximum absolute atomic E-state index is 11.9. The average molecular weight is 497 g/mol. The summed E-state index contributed by atoms with van der Waals surface area (Å²) in [5.41, 5.74) is 3.90. The third-order valence-corrected chi connectivity index (χ3v) is 6.49. The van der Waals surface area contributed by atoms with Gasteiger partial charge in [-0.2, -0.15) is 0 Å².